The average molecular weight is 306 g/mol. The molecule has 0 spiro atoms. The third-order valence-corrected chi connectivity index (χ3v) is 4.87. The van der Waals surface area contributed by atoms with Gasteiger partial charge in [-0.05, 0) is 38.0 Å². The first-order valence-electron chi connectivity index (χ1n) is 6.84. The van der Waals surface area contributed by atoms with Crippen molar-refractivity contribution in [2.24, 2.45) is 4.99 Å². The summed E-state index contributed by atoms with van der Waals surface area (Å²) in [6, 6.07) is 5.98. The van der Waals surface area contributed by atoms with Gasteiger partial charge >= 0.3 is 0 Å². The van der Waals surface area contributed by atoms with E-state index in [1.54, 1.807) is 12.1 Å². The second-order valence-electron chi connectivity index (χ2n) is 5.68. The van der Waals surface area contributed by atoms with Gasteiger partial charge in [-0.1, -0.05) is 11.6 Å². The third kappa shape index (κ3) is 2.06. The number of aliphatic hydroxyl groups excluding tert-OH is 1. The minimum atomic E-state index is -0.407. The van der Waals surface area contributed by atoms with Crippen molar-refractivity contribution in [3.05, 3.63) is 28.3 Å². The number of nitriles is 1. The Kier molecular flexibility index (Phi) is 3.31. The number of aliphatic hydroxyl groups is 1. The molecule has 0 radical (unpaired) electrons. The molecule has 21 heavy (non-hydrogen) atoms. The molecule has 0 amide bonds. The van der Waals surface area contributed by atoms with Crippen LogP contribution in [0.4, 0.5) is 5.69 Å². The van der Waals surface area contributed by atoms with Gasteiger partial charge in [0.25, 0.3) is 6.02 Å². The maximum atomic E-state index is 10.1. The molecule has 0 saturated carbocycles. The number of aliphatic imine (C=N–C) groups is 1. The molecular formula is C15H16ClN3O2. The predicted molar refractivity (Wildman–Crippen MR) is 79.7 cm³/mol. The first-order valence-corrected chi connectivity index (χ1v) is 7.21. The summed E-state index contributed by atoms with van der Waals surface area (Å²) in [5.74, 6) is 0. The Bertz CT molecular complexity index is 668. The predicted octanol–water partition coefficient (Wildman–Crippen LogP) is 2.36. The van der Waals surface area contributed by atoms with Crippen LogP contribution in [-0.4, -0.2) is 40.8 Å². The molecule has 0 aliphatic carbocycles. The molecule has 2 atom stereocenters. The summed E-state index contributed by atoms with van der Waals surface area (Å²) in [6.45, 7) is 4.96. The normalized spacial score (nSPS) is 29.4. The molecular weight excluding hydrogens is 290 g/mol. The van der Waals surface area contributed by atoms with Gasteiger partial charge in [0.1, 0.15) is 18.2 Å². The number of rotatable bonds is 1. The zero-order valence-corrected chi connectivity index (χ0v) is 12.7. The van der Waals surface area contributed by atoms with Gasteiger partial charge in [0, 0.05) is 6.54 Å². The van der Waals surface area contributed by atoms with E-state index in [-0.39, 0.29) is 0 Å². The molecule has 1 aromatic carbocycles. The van der Waals surface area contributed by atoms with E-state index in [0.29, 0.717) is 35.3 Å². The maximum Gasteiger partial charge on any atom is 0.293 e. The fourth-order valence-corrected chi connectivity index (χ4v) is 3.05. The van der Waals surface area contributed by atoms with E-state index in [1.807, 2.05) is 18.7 Å². The number of nitrogens with zero attached hydrogens (tertiary/aromatic N) is 3. The quantitative estimate of drug-likeness (QED) is 0.865. The Morgan fingerprint density at radius 3 is 3.05 bits per heavy atom. The smallest absolute Gasteiger partial charge is 0.293 e. The summed E-state index contributed by atoms with van der Waals surface area (Å²) < 4.78 is 5.66. The zero-order chi connectivity index (χ0) is 15.2. The molecule has 1 aromatic rings. The molecule has 0 aromatic heterocycles. The number of hydrogen-bond donors (Lipinski definition) is 1. The standard InChI is InChI=1S/C15H16ClN3O2/c1-9-11(4-3-10(7-17)13(9)16)18-14-19-6-5-12(20)15(19,2)8-21-14/h3-4,12,20H,5-6,8H2,1-2H3/t12-,15?/m0/s1. The van der Waals surface area contributed by atoms with Crippen molar-refractivity contribution in [1.82, 2.24) is 4.90 Å². The van der Waals surface area contributed by atoms with Gasteiger partial charge in [0.2, 0.25) is 0 Å². The summed E-state index contributed by atoms with van der Waals surface area (Å²) in [6.07, 6.45) is 0.308. The lowest BCUT2D eigenvalue weighted by molar-refractivity contribution is 0.0714. The lowest BCUT2D eigenvalue weighted by atomic mass is 9.98. The summed E-state index contributed by atoms with van der Waals surface area (Å²) in [5.41, 5.74) is 1.47. The van der Waals surface area contributed by atoms with E-state index >= 15 is 0 Å². The Hall–Kier alpha value is -1.77. The second-order valence-corrected chi connectivity index (χ2v) is 6.06. The van der Waals surface area contributed by atoms with Crippen LogP contribution in [0.15, 0.2) is 17.1 Å². The van der Waals surface area contributed by atoms with Crippen molar-refractivity contribution in [2.45, 2.75) is 31.9 Å². The Morgan fingerprint density at radius 2 is 2.33 bits per heavy atom. The maximum absolute atomic E-state index is 10.1. The number of hydrogen-bond acceptors (Lipinski definition) is 4. The van der Waals surface area contributed by atoms with Crippen molar-refractivity contribution in [3.8, 4) is 6.07 Å². The van der Waals surface area contributed by atoms with Crippen molar-refractivity contribution >= 4 is 23.3 Å². The van der Waals surface area contributed by atoms with Gasteiger partial charge in [-0.3, -0.25) is 0 Å². The van der Waals surface area contributed by atoms with Gasteiger partial charge in [0.05, 0.1) is 22.4 Å². The highest BCUT2D eigenvalue weighted by atomic mass is 35.5. The van der Waals surface area contributed by atoms with E-state index in [2.05, 4.69) is 11.1 Å². The monoisotopic (exact) mass is 305 g/mol. The highest BCUT2D eigenvalue weighted by molar-refractivity contribution is 6.32. The van der Waals surface area contributed by atoms with E-state index in [0.717, 1.165) is 12.1 Å². The second kappa shape index (κ2) is 4.90. The molecule has 2 saturated heterocycles. The molecule has 6 heteroatoms. The third-order valence-electron chi connectivity index (χ3n) is 4.38. The van der Waals surface area contributed by atoms with Crippen molar-refractivity contribution < 1.29 is 9.84 Å². The topological polar surface area (TPSA) is 68.8 Å². The van der Waals surface area contributed by atoms with Crippen molar-refractivity contribution in [2.75, 3.05) is 13.2 Å². The van der Waals surface area contributed by atoms with E-state index in [1.165, 1.54) is 0 Å². The summed E-state index contributed by atoms with van der Waals surface area (Å²) >= 11 is 6.16. The van der Waals surface area contributed by atoms with Crippen molar-refractivity contribution in [3.63, 3.8) is 0 Å². The number of benzene rings is 1. The van der Waals surface area contributed by atoms with Crippen LogP contribution >= 0.6 is 11.6 Å². The summed E-state index contributed by atoms with van der Waals surface area (Å²) in [4.78, 5) is 6.53. The molecule has 2 fully saturated rings. The van der Waals surface area contributed by atoms with Crippen LogP contribution < -0.4 is 0 Å². The summed E-state index contributed by atoms with van der Waals surface area (Å²) in [5, 5.41) is 19.5. The summed E-state index contributed by atoms with van der Waals surface area (Å²) in [7, 11) is 0. The molecule has 2 aliphatic rings. The van der Waals surface area contributed by atoms with Gasteiger partial charge in [-0.25, -0.2) is 0 Å². The van der Waals surface area contributed by atoms with Gasteiger partial charge in [-0.2, -0.15) is 10.3 Å². The molecule has 2 heterocycles. The number of halogens is 1. The van der Waals surface area contributed by atoms with Crippen molar-refractivity contribution in [1.29, 1.82) is 5.26 Å². The number of ether oxygens (including phenoxy) is 1. The number of amidine groups is 1. The fraction of sp³-hybridized carbons (Fsp3) is 0.467. The average Bonchev–Trinajstić information content (AvgIpc) is 2.94. The lowest BCUT2D eigenvalue weighted by Gasteiger charge is -2.27. The minimum Gasteiger partial charge on any atom is -0.462 e. The van der Waals surface area contributed by atoms with Crippen LogP contribution in [0.2, 0.25) is 5.02 Å². The molecule has 3 rings (SSSR count). The minimum absolute atomic E-state index is 0.400. The zero-order valence-electron chi connectivity index (χ0n) is 11.9. The van der Waals surface area contributed by atoms with Crippen LogP contribution in [0.1, 0.15) is 24.5 Å². The van der Waals surface area contributed by atoms with Gasteiger partial charge in [0.15, 0.2) is 0 Å². The van der Waals surface area contributed by atoms with Crippen LogP contribution in [0.3, 0.4) is 0 Å². The molecule has 2 aliphatic heterocycles. The first kappa shape index (κ1) is 14.2. The van der Waals surface area contributed by atoms with E-state index in [4.69, 9.17) is 21.6 Å². The molecule has 5 nitrogen and oxygen atoms in total. The van der Waals surface area contributed by atoms with Crippen LogP contribution in [-0.2, 0) is 4.74 Å². The lowest BCUT2D eigenvalue weighted by Crippen LogP contribution is -2.46. The SMILES string of the molecule is Cc1c(N=C2OCC3(C)[C@@H](O)CCN23)ccc(C#N)c1Cl. The highest BCUT2D eigenvalue weighted by Gasteiger charge is 2.51. The Balaban J connectivity index is 1.98. The Morgan fingerprint density at radius 1 is 1.57 bits per heavy atom. The van der Waals surface area contributed by atoms with E-state index in [9.17, 15) is 5.11 Å². The molecule has 1 N–H and O–H groups in total. The molecule has 1 unspecified atom stereocenters. The highest BCUT2D eigenvalue weighted by Crippen LogP contribution is 2.37. The van der Waals surface area contributed by atoms with E-state index < -0.39 is 11.6 Å². The number of fused-ring (bicyclic) bond motifs is 1. The van der Waals surface area contributed by atoms with Crippen LogP contribution in [0.5, 0.6) is 0 Å². The van der Waals surface area contributed by atoms with Crippen LogP contribution in [0.25, 0.3) is 0 Å². The first-order chi connectivity index (χ1) is 9.97. The fourth-order valence-electron chi connectivity index (χ4n) is 2.85. The Labute approximate surface area is 128 Å². The largest absolute Gasteiger partial charge is 0.462 e. The van der Waals surface area contributed by atoms with Crippen LogP contribution in [0, 0.1) is 18.3 Å². The molecule has 110 valence electrons. The van der Waals surface area contributed by atoms with Gasteiger partial charge in [-0.15, -0.1) is 0 Å². The molecule has 0 bridgehead atoms. The van der Waals surface area contributed by atoms with Gasteiger partial charge < -0.3 is 14.7 Å².